The van der Waals surface area contributed by atoms with Crippen LogP contribution in [0.25, 0.3) is 0 Å². The van der Waals surface area contributed by atoms with Crippen molar-refractivity contribution in [2.45, 2.75) is 30.9 Å². The second-order valence-corrected chi connectivity index (χ2v) is 9.83. The van der Waals surface area contributed by atoms with Gasteiger partial charge in [-0.05, 0) is 67.0 Å². The molecule has 0 spiro atoms. The van der Waals surface area contributed by atoms with Gasteiger partial charge in [0.2, 0.25) is 5.95 Å². The van der Waals surface area contributed by atoms with E-state index in [0.717, 1.165) is 41.0 Å². The van der Waals surface area contributed by atoms with E-state index in [1.54, 1.807) is 12.1 Å². The third-order valence-corrected chi connectivity index (χ3v) is 7.44. The number of nitrogens with zero attached hydrogens (tertiary/aromatic N) is 3. The van der Waals surface area contributed by atoms with E-state index in [0.29, 0.717) is 28.0 Å². The van der Waals surface area contributed by atoms with Crippen LogP contribution in [0, 0.1) is 11.3 Å². The number of rotatable bonds is 8. The Morgan fingerprint density at radius 3 is 2.56 bits per heavy atom. The quantitative estimate of drug-likeness (QED) is 0.371. The topological polar surface area (TPSA) is 73.6 Å². The van der Waals surface area contributed by atoms with Gasteiger partial charge in [0.1, 0.15) is 5.82 Å². The summed E-state index contributed by atoms with van der Waals surface area (Å²) in [5.41, 5.74) is 3.06. The van der Waals surface area contributed by atoms with Crippen molar-refractivity contribution in [3.63, 3.8) is 0 Å². The summed E-state index contributed by atoms with van der Waals surface area (Å²) in [4.78, 5) is 9.34. The van der Waals surface area contributed by atoms with E-state index in [1.807, 2.05) is 36.4 Å². The van der Waals surface area contributed by atoms with Crippen molar-refractivity contribution in [3.05, 3.63) is 75.4 Å². The zero-order chi connectivity index (χ0) is 22.3. The number of hydrogen-bond donors (Lipinski definition) is 2. The Kier molecular flexibility index (Phi) is 7.75. The second-order valence-electron chi connectivity index (χ2n) is 7.61. The van der Waals surface area contributed by atoms with Crippen molar-refractivity contribution in [2.24, 2.45) is 0 Å². The number of aromatic nitrogens is 2. The molecule has 164 valence electrons. The predicted molar refractivity (Wildman–Crippen MR) is 134 cm³/mol. The third kappa shape index (κ3) is 6.07. The summed E-state index contributed by atoms with van der Waals surface area (Å²) >= 11 is 14.8. The molecule has 32 heavy (non-hydrogen) atoms. The molecule has 1 aliphatic rings. The number of benzene rings is 2. The van der Waals surface area contributed by atoms with Gasteiger partial charge in [-0.3, -0.25) is 0 Å². The standard InChI is InChI=1S/C24H23Cl2N5S/c25-21-4-1-5-22(26)20(21)13-18-14-23(28-11-10-19-3-2-12-32-19)31-24(30-18)29-17-8-6-16(15-27)7-9-17/h1,4-9,14,19H,2-3,10-13H2,(H2,28,29,30,31). The Labute approximate surface area is 202 Å². The van der Waals surface area contributed by atoms with Gasteiger partial charge in [0.05, 0.1) is 17.3 Å². The van der Waals surface area contributed by atoms with Crippen molar-refractivity contribution in [3.8, 4) is 6.07 Å². The van der Waals surface area contributed by atoms with E-state index >= 15 is 0 Å². The summed E-state index contributed by atoms with van der Waals surface area (Å²) in [5.74, 6) is 2.50. The summed E-state index contributed by atoms with van der Waals surface area (Å²) in [6.07, 6.45) is 4.21. The summed E-state index contributed by atoms with van der Waals surface area (Å²) in [6, 6.07) is 16.8. The van der Waals surface area contributed by atoms with Gasteiger partial charge in [-0.15, -0.1) is 0 Å². The molecule has 1 fully saturated rings. The highest BCUT2D eigenvalue weighted by molar-refractivity contribution is 8.00. The van der Waals surface area contributed by atoms with Crippen molar-refractivity contribution in [1.29, 1.82) is 5.26 Å². The Morgan fingerprint density at radius 1 is 1.09 bits per heavy atom. The Bertz CT molecular complexity index is 1090. The Balaban J connectivity index is 1.55. The fourth-order valence-electron chi connectivity index (χ4n) is 3.61. The molecule has 4 rings (SSSR count). The van der Waals surface area contributed by atoms with Gasteiger partial charge in [0.15, 0.2) is 0 Å². The van der Waals surface area contributed by atoms with Crippen LogP contribution < -0.4 is 10.6 Å². The molecule has 1 unspecified atom stereocenters. The molecular weight excluding hydrogens is 461 g/mol. The number of nitrogens with one attached hydrogen (secondary N) is 2. The fraction of sp³-hybridized carbons (Fsp3) is 0.292. The molecule has 8 heteroatoms. The SMILES string of the molecule is N#Cc1ccc(Nc2nc(Cc3c(Cl)cccc3Cl)cc(NCCC3CCCS3)n2)cc1. The average molecular weight is 484 g/mol. The lowest BCUT2D eigenvalue weighted by Crippen LogP contribution is -2.11. The highest BCUT2D eigenvalue weighted by atomic mass is 35.5. The third-order valence-electron chi connectivity index (χ3n) is 5.27. The van der Waals surface area contributed by atoms with Gasteiger partial charge in [-0.25, -0.2) is 4.98 Å². The van der Waals surface area contributed by atoms with Crippen LogP contribution in [0.1, 0.15) is 36.1 Å². The van der Waals surface area contributed by atoms with E-state index in [2.05, 4.69) is 38.4 Å². The van der Waals surface area contributed by atoms with Crippen molar-refractivity contribution >= 4 is 52.4 Å². The molecule has 0 amide bonds. The highest BCUT2D eigenvalue weighted by Gasteiger charge is 2.15. The zero-order valence-electron chi connectivity index (χ0n) is 17.4. The molecule has 1 atom stereocenters. The number of nitriles is 1. The number of halogens is 2. The van der Waals surface area contributed by atoms with Crippen molar-refractivity contribution in [2.75, 3.05) is 22.9 Å². The molecule has 2 heterocycles. The lowest BCUT2D eigenvalue weighted by atomic mass is 10.1. The molecule has 2 aromatic carbocycles. The van der Waals surface area contributed by atoms with Gasteiger partial charge in [-0.2, -0.15) is 22.0 Å². The second kappa shape index (κ2) is 10.9. The molecule has 0 aliphatic carbocycles. The van der Waals surface area contributed by atoms with Gasteiger partial charge in [-0.1, -0.05) is 29.3 Å². The molecule has 2 N–H and O–H groups in total. The monoisotopic (exact) mass is 483 g/mol. The predicted octanol–water partition coefficient (Wildman–Crippen LogP) is 6.69. The van der Waals surface area contributed by atoms with Gasteiger partial charge in [0, 0.05) is 40.0 Å². The first-order chi connectivity index (χ1) is 15.6. The molecule has 1 saturated heterocycles. The Morgan fingerprint density at radius 2 is 1.88 bits per heavy atom. The van der Waals surface area contributed by atoms with Crippen LogP contribution in [-0.4, -0.2) is 27.5 Å². The van der Waals surface area contributed by atoms with E-state index in [1.165, 1.54) is 18.6 Å². The van der Waals surface area contributed by atoms with E-state index < -0.39 is 0 Å². The summed E-state index contributed by atoms with van der Waals surface area (Å²) in [6.45, 7) is 0.858. The summed E-state index contributed by atoms with van der Waals surface area (Å²) in [5, 5.41) is 17.7. The molecule has 0 bridgehead atoms. The first-order valence-corrected chi connectivity index (χ1v) is 12.3. The number of thioether (sulfide) groups is 1. The molecule has 1 aliphatic heterocycles. The lowest BCUT2D eigenvalue weighted by Gasteiger charge is -2.14. The molecule has 1 aromatic heterocycles. The number of anilines is 3. The molecule has 0 saturated carbocycles. The smallest absolute Gasteiger partial charge is 0.229 e. The van der Waals surface area contributed by atoms with Crippen LogP contribution in [0.3, 0.4) is 0 Å². The van der Waals surface area contributed by atoms with Crippen LogP contribution in [-0.2, 0) is 6.42 Å². The fourth-order valence-corrected chi connectivity index (χ4v) is 5.42. The maximum absolute atomic E-state index is 9.01. The summed E-state index contributed by atoms with van der Waals surface area (Å²) < 4.78 is 0. The van der Waals surface area contributed by atoms with Crippen LogP contribution in [0.2, 0.25) is 10.0 Å². The first-order valence-electron chi connectivity index (χ1n) is 10.5. The Hall–Kier alpha value is -2.46. The maximum atomic E-state index is 9.01. The first kappa shape index (κ1) is 22.7. The average Bonchev–Trinajstić information content (AvgIpc) is 3.30. The van der Waals surface area contributed by atoms with Gasteiger partial charge in [0.25, 0.3) is 0 Å². The highest BCUT2D eigenvalue weighted by Crippen LogP contribution is 2.29. The summed E-state index contributed by atoms with van der Waals surface area (Å²) in [7, 11) is 0. The van der Waals surface area contributed by atoms with Crippen LogP contribution in [0.4, 0.5) is 17.5 Å². The normalized spacial score (nSPS) is 15.3. The van der Waals surface area contributed by atoms with Gasteiger partial charge >= 0.3 is 0 Å². The van der Waals surface area contributed by atoms with Crippen molar-refractivity contribution in [1.82, 2.24) is 9.97 Å². The van der Waals surface area contributed by atoms with Crippen molar-refractivity contribution < 1.29 is 0 Å². The molecule has 3 aromatic rings. The minimum absolute atomic E-state index is 0.480. The lowest BCUT2D eigenvalue weighted by molar-refractivity contribution is 0.736. The molecule has 0 radical (unpaired) electrons. The minimum Gasteiger partial charge on any atom is -0.370 e. The largest absolute Gasteiger partial charge is 0.370 e. The maximum Gasteiger partial charge on any atom is 0.229 e. The van der Waals surface area contributed by atoms with Crippen LogP contribution in [0.15, 0.2) is 48.5 Å². The van der Waals surface area contributed by atoms with E-state index in [-0.39, 0.29) is 0 Å². The molecular formula is C24H23Cl2N5S. The van der Waals surface area contributed by atoms with Crippen LogP contribution >= 0.6 is 35.0 Å². The number of hydrogen-bond acceptors (Lipinski definition) is 6. The van der Waals surface area contributed by atoms with E-state index in [4.69, 9.17) is 28.5 Å². The van der Waals surface area contributed by atoms with E-state index in [9.17, 15) is 0 Å². The van der Waals surface area contributed by atoms with Gasteiger partial charge < -0.3 is 10.6 Å². The molecule has 5 nitrogen and oxygen atoms in total. The minimum atomic E-state index is 0.480. The van der Waals surface area contributed by atoms with Crippen LogP contribution in [0.5, 0.6) is 0 Å². The zero-order valence-corrected chi connectivity index (χ0v) is 19.8.